The van der Waals surface area contributed by atoms with E-state index in [1.165, 1.54) is 12.1 Å². The highest BCUT2D eigenvalue weighted by Crippen LogP contribution is 2.26. The molecule has 0 unspecified atom stereocenters. The largest absolute Gasteiger partial charge is 0.340 e. The minimum Gasteiger partial charge on any atom is -0.340 e. The van der Waals surface area contributed by atoms with E-state index in [4.69, 9.17) is 11.6 Å². The molecule has 128 valence electrons. The van der Waals surface area contributed by atoms with Gasteiger partial charge < -0.3 is 10.6 Å². The van der Waals surface area contributed by atoms with E-state index in [1.54, 1.807) is 37.3 Å². The van der Waals surface area contributed by atoms with Crippen molar-refractivity contribution in [2.24, 2.45) is 0 Å². The van der Waals surface area contributed by atoms with E-state index in [2.05, 4.69) is 15.6 Å². The first-order chi connectivity index (χ1) is 11.9. The number of hydrogen-bond donors (Lipinski definition) is 2. The molecule has 8 heteroatoms. The minimum absolute atomic E-state index is 0.291. The van der Waals surface area contributed by atoms with Crippen molar-refractivity contribution in [1.82, 2.24) is 10.3 Å². The van der Waals surface area contributed by atoms with E-state index >= 15 is 0 Å². The Bertz CT molecular complexity index is 960. The number of carbonyl (C=O) groups is 2. The van der Waals surface area contributed by atoms with Gasteiger partial charge in [0.1, 0.15) is 11.9 Å². The molecule has 3 rings (SSSR count). The third kappa shape index (κ3) is 3.94. The Hall–Kier alpha value is -2.51. The highest BCUT2D eigenvalue weighted by molar-refractivity contribution is 7.22. The number of rotatable bonds is 4. The van der Waals surface area contributed by atoms with Gasteiger partial charge in [0.25, 0.3) is 5.91 Å². The first kappa shape index (κ1) is 17.3. The first-order valence-corrected chi connectivity index (χ1v) is 8.56. The first-order valence-electron chi connectivity index (χ1n) is 7.36. The standard InChI is InChI=1S/C17H13ClFN3O2S/c1-9(20-16(24)11-4-2-3-5-12(11)18)15(23)22-17-21-13-7-6-10(19)8-14(13)25-17/h2-9H,1H3,(H,20,24)(H,21,22,23)/t9-/m1/s1. The van der Waals surface area contributed by atoms with Crippen LogP contribution in [0.4, 0.5) is 9.52 Å². The zero-order chi connectivity index (χ0) is 18.0. The second kappa shape index (κ2) is 7.16. The molecule has 1 aromatic heterocycles. The molecule has 0 saturated carbocycles. The molecule has 2 amide bonds. The molecule has 0 radical (unpaired) electrons. The minimum atomic E-state index is -0.799. The van der Waals surface area contributed by atoms with Crippen molar-refractivity contribution in [3.63, 3.8) is 0 Å². The fraction of sp³-hybridized carbons (Fsp3) is 0.118. The Balaban J connectivity index is 1.67. The fourth-order valence-corrected chi connectivity index (χ4v) is 3.27. The van der Waals surface area contributed by atoms with Gasteiger partial charge in [-0.3, -0.25) is 9.59 Å². The van der Waals surface area contributed by atoms with Gasteiger partial charge in [0.05, 0.1) is 20.8 Å². The summed E-state index contributed by atoms with van der Waals surface area (Å²) in [7, 11) is 0. The predicted octanol–water partition coefficient (Wildman–Crippen LogP) is 3.85. The van der Waals surface area contributed by atoms with Crippen LogP contribution in [0.1, 0.15) is 17.3 Å². The van der Waals surface area contributed by atoms with Crippen LogP contribution in [-0.4, -0.2) is 22.8 Å². The highest BCUT2D eigenvalue weighted by atomic mass is 35.5. The molecule has 0 aliphatic carbocycles. The zero-order valence-corrected chi connectivity index (χ0v) is 14.6. The van der Waals surface area contributed by atoms with Gasteiger partial charge in [-0.1, -0.05) is 35.1 Å². The molecule has 1 heterocycles. The van der Waals surface area contributed by atoms with E-state index in [0.29, 0.717) is 25.9 Å². The van der Waals surface area contributed by atoms with Gasteiger partial charge in [0.15, 0.2) is 5.13 Å². The number of nitrogens with one attached hydrogen (secondary N) is 2. The molecule has 0 aliphatic rings. The summed E-state index contributed by atoms with van der Waals surface area (Å²) in [5.74, 6) is -1.24. The Kier molecular flexibility index (Phi) is 4.96. The Morgan fingerprint density at radius 3 is 2.76 bits per heavy atom. The van der Waals surface area contributed by atoms with E-state index in [1.807, 2.05) is 0 Å². The number of fused-ring (bicyclic) bond motifs is 1. The molecule has 2 N–H and O–H groups in total. The summed E-state index contributed by atoms with van der Waals surface area (Å²) in [5.41, 5.74) is 0.883. The van der Waals surface area contributed by atoms with Crippen molar-refractivity contribution in [3.8, 4) is 0 Å². The van der Waals surface area contributed by atoms with Crippen molar-refractivity contribution < 1.29 is 14.0 Å². The summed E-state index contributed by atoms with van der Waals surface area (Å²) in [6, 6.07) is 9.97. The number of amides is 2. The van der Waals surface area contributed by atoms with Crippen LogP contribution in [0.3, 0.4) is 0 Å². The predicted molar refractivity (Wildman–Crippen MR) is 96.6 cm³/mol. The number of benzene rings is 2. The van der Waals surface area contributed by atoms with Gasteiger partial charge in [-0.2, -0.15) is 0 Å². The maximum Gasteiger partial charge on any atom is 0.253 e. The van der Waals surface area contributed by atoms with Crippen LogP contribution in [0.15, 0.2) is 42.5 Å². The van der Waals surface area contributed by atoms with E-state index in [0.717, 1.165) is 11.3 Å². The van der Waals surface area contributed by atoms with Crippen molar-refractivity contribution in [2.45, 2.75) is 13.0 Å². The number of nitrogens with zero attached hydrogens (tertiary/aromatic N) is 1. The molecular formula is C17H13ClFN3O2S. The average Bonchev–Trinajstić information content (AvgIpc) is 2.96. The lowest BCUT2D eigenvalue weighted by atomic mass is 10.2. The molecule has 0 spiro atoms. The zero-order valence-electron chi connectivity index (χ0n) is 13.0. The molecule has 0 saturated heterocycles. The summed E-state index contributed by atoms with van der Waals surface area (Å²) < 4.78 is 13.8. The highest BCUT2D eigenvalue weighted by Gasteiger charge is 2.19. The Labute approximate surface area is 151 Å². The van der Waals surface area contributed by atoms with Gasteiger partial charge in [-0.25, -0.2) is 9.37 Å². The van der Waals surface area contributed by atoms with E-state index in [-0.39, 0.29) is 5.82 Å². The second-order valence-corrected chi connectivity index (χ2v) is 6.73. The van der Waals surface area contributed by atoms with E-state index in [9.17, 15) is 14.0 Å². The van der Waals surface area contributed by atoms with Crippen LogP contribution in [0.5, 0.6) is 0 Å². The number of halogens is 2. The van der Waals surface area contributed by atoms with Crippen molar-refractivity contribution in [2.75, 3.05) is 5.32 Å². The van der Waals surface area contributed by atoms with Crippen molar-refractivity contribution >= 4 is 50.1 Å². The number of anilines is 1. The van der Waals surface area contributed by atoms with Crippen molar-refractivity contribution in [3.05, 3.63) is 58.9 Å². The van der Waals surface area contributed by atoms with Crippen LogP contribution < -0.4 is 10.6 Å². The van der Waals surface area contributed by atoms with Gasteiger partial charge >= 0.3 is 0 Å². The second-order valence-electron chi connectivity index (χ2n) is 5.30. The van der Waals surface area contributed by atoms with Crippen LogP contribution in [0, 0.1) is 5.82 Å². The van der Waals surface area contributed by atoms with Crippen LogP contribution in [0.25, 0.3) is 10.2 Å². The van der Waals surface area contributed by atoms with Crippen LogP contribution in [0.2, 0.25) is 5.02 Å². The molecule has 0 fully saturated rings. The van der Waals surface area contributed by atoms with Gasteiger partial charge in [0, 0.05) is 0 Å². The number of carbonyl (C=O) groups excluding carboxylic acids is 2. The summed E-state index contributed by atoms with van der Waals surface area (Å²) in [5, 5.41) is 5.85. The molecule has 25 heavy (non-hydrogen) atoms. The Morgan fingerprint density at radius 1 is 1.24 bits per heavy atom. The lowest BCUT2D eigenvalue weighted by Gasteiger charge is -2.13. The lowest BCUT2D eigenvalue weighted by molar-refractivity contribution is -0.117. The Morgan fingerprint density at radius 2 is 2.00 bits per heavy atom. The monoisotopic (exact) mass is 377 g/mol. The molecular weight excluding hydrogens is 365 g/mol. The maximum atomic E-state index is 13.2. The maximum absolute atomic E-state index is 13.2. The average molecular weight is 378 g/mol. The molecule has 3 aromatic rings. The number of hydrogen-bond acceptors (Lipinski definition) is 4. The lowest BCUT2D eigenvalue weighted by Crippen LogP contribution is -2.41. The molecule has 0 aliphatic heterocycles. The van der Waals surface area contributed by atoms with Crippen molar-refractivity contribution in [1.29, 1.82) is 0 Å². The third-order valence-corrected chi connectivity index (χ3v) is 4.70. The topological polar surface area (TPSA) is 71.1 Å². The van der Waals surface area contributed by atoms with Gasteiger partial charge in [-0.15, -0.1) is 0 Å². The number of aromatic nitrogens is 1. The van der Waals surface area contributed by atoms with E-state index < -0.39 is 17.9 Å². The van der Waals surface area contributed by atoms with Gasteiger partial charge in [0.2, 0.25) is 5.91 Å². The summed E-state index contributed by atoms with van der Waals surface area (Å²) in [6.07, 6.45) is 0. The van der Waals surface area contributed by atoms with Crippen LogP contribution in [-0.2, 0) is 4.79 Å². The molecule has 2 aromatic carbocycles. The quantitative estimate of drug-likeness (QED) is 0.725. The van der Waals surface area contributed by atoms with Crippen LogP contribution >= 0.6 is 22.9 Å². The molecule has 1 atom stereocenters. The normalized spacial score (nSPS) is 12.0. The number of thiazole rings is 1. The SMILES string of the molecule is C[C@@H](NC(=O)c1ccccc1Cl)C(=O)Nc1nc2ccc(F)cc2s1. The molecule has 5 nitrogen and oxygen atoms in total. The summed E-state index contributed by atoms with van der Waals surface area (Å²) >= 11 is 7.13. The third-order valence-electron chi connectivity index (χ3n) is 3.44. The molecule has 0 bridgehead atoms. The summed E-state index contributed by atoms with van der Waals surface area (Å²) in [6.45, 7) is 1.55. The smallest absolute Gasteiger partial charge is 0.253 e. The van der Waals surface area contributed by atoms with Gasteiger partial charge in [-0.05, 0) is 37.3 Å². The summed E-state index contributed by atoms with van der Waals surface area (Å²) in [4.78, 5) is 28.6. The fourth-order valence-electron chi connectivity index (χ4n) is 2.15.